The molecular weight excluding hydrogens is 312 g/mol. The summed E-state index contributed by atoms with van der Waals surface area (Å²) in [6.07, 6.45) is 1.86. The molecule has 0 amide bonds. The lowest BCUT2D eigenvalue weighted by molar-refractivity contribution is 0.590. The van der Waals surface area contributed by atoms with E-state index in [0.29, 0.717) is 0 Å². The number of pyridine rings is 1. The Morgan fingerprint density at radius 2 is 1.71 bits per heavy atom. The monoisotopic (exact) mass is 336 g/mol. The number of thiophene rings is 1. The first kappa shape index (κ1) is 16.7. The highest BCUT2D eigenvalue weighted by Gasteiger charge is 2.15. The topological polar surface area (TPSA) is 16.1 Å². The van der Waals surface area contributed by atoms with Crippen molar-refractivity contribution in [2.24, 2.45) is 0 Å². The van der Waals surface area contributed by atoms with E-state index in [0.717, 1.165) is 18.8 Å². The molecule has 0 aliphatic rings. The maximum atomic E-state index is 4.49. The first-order valence-corrected chi connectivity index (χ1v) is 9.18. The quantitative estimate of drug-likeness (QED) is 0.599. The summed E-state index contributed by atoms with van der Waals surface area (Å²) in [6, 6.07) is 19.4. The van der Waals surface area contributed by atoms with Gasteiger partial charge in [-0.25, -0.2) is 0 Å². The SMILES string of the molecule is CC(C)(C)c1ccc(N(Cc2ccccn2)Cc2cccs2)cc1. The molecule has 24 heavy (non-hydrogen) atoms. The van der Waals surface area contributed by atoms with Crippen LogP contribution in [0.1, 0.15) is 36.9 Å². The number of anilines is 1. The highest BCUT2D eigenvalue weighted by Crippen LogP contribution is 2.27. The van der Waals surface area contributed by atoms with Crippen LogP contribution in [0, 0.1) is 0 Å². The smallest absolute Gasteiger partial charge is 0.0606 e. The van der Waals surface area contributed by atoms with Gasteiger partial charge in [0, 0.05) is 16.8 Å². The fourth-order valence-electron chi connectivity index (χ4n) is 2.69. The van der Waals surface area contributed by atoms with Crippen molar-refractivity contribution < 1.29 is 0 Å². The van der Waals surface area contributed by atoms with E-state index >= 15 is 0 Å². The second-order valence-electron chi connectivity index (χ2n) is 7.05. The molecule has 3 heteroatoms. The minimum atomic E-state index is 0.179. The minimum Gasteiger partial charge on any atom is -0.360 e. The van der Waals surface area contributed by atoms with E-state index in [1.165, 1.54) is 16.1 Å². The summed E-state index contributed by atoms with van der Waals surface area (Å²) >= 11 is 1.80. The zero-order valence-electron chi connectivity index (χ0n) is 14.6. The van der Waals surface area contributed by atoms with Gasteiger partial charge in [-0.3, -0.25) is 4.98 Å². The second-order valence-corrected chi connectivity index (χ2v) is 8.09. The van der Waals surface area contributed by atoms with E-state index in [2.05, 4.69) is 78.5 Å². The van der Waals surface area contributed by atoms with Crippen molar-refractivity contribution in [3.63, 3.8) is 0 Å². The highest BCUT2D eigenvalue weighted by molar-refractivity contribution is 7.09. The van der Waals surface area contributed by atoms with Crippen molar-refractivity contribution in [2.75, 3.05) is 4.90 Å². The van der Waals surface area contributed by atoms with Crippen molar-refractivity contribution in [3.8, 4) is 0 Å². The van der Waals surface area contributed by atoms with Crippen molar-refractivity contribution in [1.82, 2.24) is 4.98 Å². The molecule has 0 radical (unpaired) electrons. The third-order valence-electron chi connectivity index (χ3n) is 4.10. The summed E-state index contributed by atoms with van der Waals surface area (Å²) in [6.45, 7) is 8.47. The van der Waals surface area contributed by atoms with Gasteiger partial charge in [-0.2, -0.15) is 0 Å². The van der Waals surface area contributed by atoms with Crippen LogP contribution in [0.3, 0.4) is 0 Å². The standard InChI is InChI=1S/C21H24N2S/c1-21(2,3)17-9-11-19(12-10-17)23(16-20-8-6-14-24-20)15-18-7-4-5-13-22-18/h4-14H,15-16H2,1-3H3. The summed E-state index contributed by atoms with van der Waals surface area (Å²) in [5.41, 5.74) is 3.87. The van der Waals surface area contributed by atoms with Gasteiger partial charge < -0.3 is 4.90 Å². The summed E-state index contributed by atoms with van der Waals surface area (Å²) in [5.74, 6) is 0. The lowest BCUT2D eigenvalue weighted by Gasteiger charge is -2.26. The van der Waals surface area contributed by atoms with Gasteiger partial charge >= 0.3 is 0 Å². The minimum absolute atomic E-state index is 0.179. The Hall–Kier alpha value is -2.13. The molecule has 0 aliphatic carbocycles. The van der Waals surface area contributed by atoms with Crippen molar-refractivity contribution >= 4 is 17.0 Å². The Bertz CT molecular complexity index is 741. The molecule has 3 rings (SSSR count). The van der Waals surface area contributed by atoms with Crippen molar-refractivity contribution in [2.45, 2.75) is 39.3 Å². The number of aromatic nitrogens is 1. The van der Waals surface area contributed by atoms with Crippen LogP contribution in [-0.4, -0.2) is 4.98 Å². The van der Waals surface area contributed by atoms with Crippen molar-refractivity contribution in [1.29, 1.82) is 0 Å². The molecule has 0 spiro atoms. The fourth-order valence-corrected chi connectivity index (χ4v) is 3.41. The normalized spacial score (nSPS) is 11.5. The molecule has 2 heterocycles. The Balaban J connectivity index is 1.86. The molecule has 2 aromatic heterocycles. The van der Waals surface area contributed by atoms with E-state index in [1.54, 1.807) is 11.3 Å². The molecule has 0 unspecified atom stereocenters. The molecule has 0 atom stereocenters. The number of nitrogens with zero attached hydrogens (tertiary/aromatic N) is 2. The molecule has 0 saturated carbocycles. The zero-order valence-corrected chi connectivity index (χ0v) is 15.4. The van der Waals surface area contributed by atoms with Gasteiger partial charge in [-0.15, -0.1) is 11.3 Å². The van der Waals surface area contributed by atoms with Gasteiger partial charge in [0.2, 0.25) is 0 Å². The maximum absolute atomic E-state index is 4.49. The largest absolute Gasteiger partial charge is 0.360 e. The average Bonchev–Trinajstić information content (AvgIpc) is 3.08. The van der Waals surface area contributed by atoms with Gasteiger partial charge in [-0.05, 0) is 46.7 Å². The van der Waals surface area contributed by atoms with E-state index in [-0.39, 0.29) is 5.41 Å². The third-order valence-corrected chi connectivity index (χ3v) is 4.97. The van der Waals surface area contributed by atoms with Crippen LogP contribution < -0.4 is 4.90 Å². The lowest BCUT2D eigenvalue weighted by Crippen LogP contribution is -2.22. The highest BCUT2D eigenvalue weighted by atomic mass is 32.1. The molecule has 2 nitrogen and oxygen atoms in total. The Morgan fingerprint density at radius 3 is 2.29 bits per heavy atom. The van der Waals surface area contributed by atoms with Gasteiger partial charge in [0.1, 0.15) is 0 Å². The first-order chi connectivity index (χ1) is 11.5. The molecular formula is C21H24N2S. The van der Waals surface area contributed by atoms with E-state index in [4.69, 9.17) is 0 Å². The Kier molecular flexibility index (Phi) is 5.00. The molecule has 0 saturated heterocycles. The molecule has 0 bridgehead atoms. The summed E-state index contributed by atoms with van der Waals surface area (Å²) in [4.78, 5) is 8.25. The predicted octanol–water partition coefficient (Wildman–Crippen LogP) is 5.65. The number of benzene rings is 1. The number of hydrogen-bond donors (Lipinski definition) is 0. The van der Waals surface area contributed by atoms with Crippen LogP contribution in [0.25, 0.3) is 0 Å². The molecule has 124 valence electrons. The predicted molar refractivity (Wildman–Crippen MR) is 104 cm³/mol. The Morgan fingerprint density at radius 1 is 0.917 bits per heavy atom. The summed E-state index contributed by atoms with van der Waals surface area (Å²) < 4.78 is 0. The van der Waals surface area contributed by atoms with E-state index < -0.39 is 0 Å². The van der Waals surface area contributed by atoms with Crippen LogP contribution in [0.2, 0.25) is 0 Å². The third kappa shape index (κ3) is 4.24. The van der Waals surface area contributed by atoms with Crippen LogP contribution in [0.5, 0.6) is 0 Å². The molecule has 3 aromatic rings. The summed E-state index contributed by atoms with van der Waals surface area (Å²) in [7, 11) is 0. The van der Waals surface area contributed by atoms with Crippen molar-refractivity contribution in [3.05, 3.63) is 82.3 Å². The van der Waals surface area contributed by atoms with Crippen LogP contribution >= 0.6 is 11.3 Å². The van der Waals surface area contributed by atoms with Crippen LogP contribution in [-0.2, 0) is 18.5 Å². The van der Waals surface area contributed by atoms with Crippen LogP contribution in [0.15, 0.2) is 66.2 Å². The summed E-state index contributed by atoms with van der Waals surface area (Å²) in [5, 5.41) is 2.14. The van der Waals surface area contributed by atoms with Crippen LogP contribution in [0.4, 0.5) is 5.69 Å². The lowest BCUT2D eigenvalue weighted by atomic mass is 9.87. The number of hydrogen-bond acceptors (Lipinski definition) is 3. The zero-order chi connectivity index (χ0) is 17.0. The number of rotatable bonds is 5. The van der Waals surface area contributed by atoms with Gasteiger partial charge in [-0.1, -0.05) is 45.0 Å². The second kappa shape index (κ2) is 7.18. The molecule has 0 fully saturated rings. The molecule has 0 N–H and O–H groups in total. The van der Waals surface area contributed by atoms with E-state index in [9.17, 15) is 0 Å². The molecule has 0 aliphatic heterocycles. The van der Waals surface area contributed by atoms with E-state index in [1.807, 2.05) is 18.3 Å². The fraction of sp³-hybridized carbons (Fsp3) is 0.286. The maximum Gasteiger partial charge on any atom is 0.0606 e. The van der Waals surface area contributed by atoms with Gasteiger partial charge in [0.25, 0.3) is 0 Å². The Labute approximate surface area is 148 Å². The molecule has 1 aromatic carbocycles. The van der Waals surface area contributed by atoms with Gasteiger partial charge in [0.05, 0.1) is 18.8 Å². The van der Waals surface area contributed by atoms with Gasteiger partial charge in [0.15, 0.2) is 0 Å². The average molecular weight is 337 g/mol. The first-order valence-electron chi connectivity index (χ1n) is 8.30.